The second kappa shape index (κ2) is 9.08. The predicted molar refractivity (Wildman–Crippen MR) is 132 cm³/mol. The number of amides is 2. The Kier molecular flexibility index (Phi) is 6.21. The Balaban J connectivity index is 1.57. The van der Waals surface area contributed by atoms with Crippen LogP contribution in [0.3, 0.4) is 0 Å². The molecule has 0 aliphatic rings. The summed E-state index contributed by atoms with van der Waals surface area (Å²) in [5, 5.41) is 5.79. The van der Waals surface area contributed by atoms with Gasteiger partial charge in [-0.3, -0.25) is 4.72 Å². The lowest BCUT2D eigenvalue weighted by molar-refractivity contribution is 0.262. The van der Waals surface area contributed by atoms with Crippen LogP contribution in [-0.2, 0) is 10.0 Å². The molecule has 0 aliphatic heterocycles. The normalized spacial score (nSPS) is 11.2. The van der Waals surface area contributed by atoms with Crippen molar-refractivity contribution in [3.8, 4) is 5.75 Å². The zero-order valence-corrected chi connectivity index (χ0v) is 19.8. The number of aryl methyl sites for hydroxylation is 2. The molecule has 0 unspecified atom stereocenters. The number of urea groups is 1. The zero-order valence-electron chi connectivity index (χ0n) is 18.2. The van der Waals surface area contributed by atoms with E-state index in [2.05, 4.69) is 20.3 Å². The van der Waals surface area contributed by atoms with Gasteiger partial charge in [0.2, 0.25) is 0 Å². The van der Waals surface area contributed by atoms with Gasteiger partial charge in [-0.1, -0.05) is 35.6 Å². The van der Waals surface area contributed by atoms with E-state index in [0.29, 0.717) is 27.3 Å². The average molecular weight is 483 g/mol. The lowest BCUT2D eigenvalue weighted by atomic mass is 10.1. The third-order valence-electron chi connectivity index (χ3n) is 4.98. The maximum Gasteiger partial charge on any atom is 0.323 e. The molecule has 0 atom stereocenters. The highest BCUT2D eigenvalue weighted by Gasteiger charge is 2.18. The Morgan fingerprint density at radius 1 is 0.939 bits per heavy atom. The maximum atomic E-state index is 12.6. The Morgan fingerprint density at radius 2 is 1.67 bits per heavy atom. The predicted octanol–water partition coefficient (Wildman–Crippen LogP) is 5.37. The van der Waals surface area contributed by atoms with E-state index in [4.69, 9.17) is 4.74 Å². The van der Waals surface area contributed by atoms with E-state index in [1.165, 1.54) is 19.2 Å². The van der Waals surface area contributed by atoms with Crippen molar-refractivity contribution in [1.29, 1.82) is 0 Å². The first kappa shape index (κ1) is 22.6. The first-order valence-electron chi connectivity index (χ1n) is 9.97. The minimum absolute atomic E-state index is 0.140. The summed E-state index contributed by atoms with van der Waals surface area (Å²) < 4.78 is 33.8. The van der Waals surface area contributed by atoms with Crippen molar-refractivity contribution in [2.75, 3.05) is 22.5 Å². The molecule has 1 aromatic heterocycles. The second-order valence-corrected chi connectivity index (χ2v) is 10.1. The van der Waals surface area contributed by atoms with Gasteiger partial charge >= 0.3 is 6.03 Å². The number of carbonyl (C=O) groups excluding carboxylic acids is 1. The van der Waals surface area contributed by atoms with Crippen LogP contribution < -0.4 is 20.1 Å². The number of anilines is 3. The molecule has 0 fully saturated rings. The highest BCUT2D eigenvalue weighted by Crippen LogP contribution is 2.36. The number of nitrogens with zero attached hydrogens (tertiary/aromatic N) is 1. The molecule has 0 saturated heterocycles. The second-order valence-electron chi connectivity index (χ2n) is 7.34. The molecule has 4 aromatic rings. The number of methoxy groups -OCH3 is 1. The van der Waals surface area contributed by atoms with Gasteiger partial charge in [0.1, 0.15) is 11.3 Å². The molecule has 0 radical (unpaired) electrons. The monoisotopic (exact) mass is 482 g/mol. The number of aromatic nitrogens is 1. The molecule has 3 aromatic carbocycles. The van der Waals surface area contributed by atoms with Crippen LogP contribution in [0.25, 0.3) is 10.2 Å². The topological polar surface area (TPSA) is 109 Å². The zero-order chi connectivity index (χ0) is 23.6. The summed E-state index contributed by atoms with van der Waals surface area (Å²) in [6, 6.07) is 16.7. The van der Waals surface area contributed by atoms with E-state index >= 15 is 0 Å². The first-order valence-corrected chi connectivity index (χ1v) is 12.3. The molecular formula is C23H22N4O4S2. The lowest BCUT2D eigenvalue weighted by Crippen LogP contribution is -2.19. The molecular weight excluding hydrogens is 460 g/mol. The summed E-state index contributed by atoms with van der Waals surface area (Å²) in [6.07, 6.45) is 0. The smallest absolute Gasteiger partial charge is 0.323 e. The molecule has 1 heterocycles. The van der Waals surface area contributed by atoms with Crippen molar-refractivity contribution < 1.29 is 17.9 Å². The first-order chi connectivity index (χ1) is 15.7. The summed E-state index contributed by atoms with van der Waals surface area (Å²) >= 11 is 1.14. The Labute approximate surface area is 195 Å². The number of fused-ring (bicyclic) bond motifs is 1. The van der Waals surface area contributed by atoms with Crippen LogP contribution in [0.15, 0.2) is 65.6 Å². The summed E-state index contributed by atoms with van der Waals surface area (Å²) in [4.78, 5) is 17.0. The van der Waals surface area contributed by atoms with Crippen molar-refractivity contribution in [1.82, 2.24) is 4.98 Å². The molecule has 3 N–H and O–H groups in total. The molecule has 33 heavy (non-hydrogen) atoms. The number of sulfonamides is 1. The number of hydrogen-bond donors (Lipinski definition) is 3. The Hall–Kier alpha value is -3.63. The number of benzene rings is 3. The van der Waals surface area contributed by atoms with Crippen LogP contribution in [-0.4, -0.2) is 26.5 Å². The third kappa shape index (κ3) is 5.07. The van der Waals surface area contributed by atoms with Crippen LogP contribution in [0.1, 0.15) is 11.1 Å². The fourth-order valence-electron chi connectivity index (χ4n) is 3.16. The molecule has 0 spiro atoms. The molecule has 2 amide bonds. The number of carbonyl (C=O) groups is 1. The fraction of sp³-hybridized carbons (Fsp3) is 0.130. The number of hydrogen-bond acceptors (Lipinski definition) is 6. The van der Waals surface area contributed by atoms with E-state index in [1.807, 2.05) is 32.0 Å². The van der Waals surface area contributed by atoms with Crippen molar-refractivity contribution in [3.05, 3.63) is 71.8 Å². The average Bonchev–Trinajstić information content (AvgIpc) is 3.17. The number of ether oxygens (including phenoxy) is 1. The molecule has 0 saturated carbocycles. The van der Waals surface area contributed by atoms with Gasteiger partial charge < -0.3 is 15.4 Å². The minimum atomic E-state index is -3.77. The Bertz CT molecular complexity index is 1430. The fourth-order valence-corrected chi connectivity index (χ4v) is 5.34. The van der Waals surface area contributed by atoms with E-state index in [-0.39, 0.29) is 10.0 Å². The maximum absolute atomic E-state index is 12.6. The third-order valence-corrected chi connectivity index (χ3v) is 7.38. The van der Waals surface area contributed by atoms with Gasteiger partial charge in [-0.05, 0) is 55.3 Å². The van der Waals surface area contributed by atoms with Gasteiger partial charge in [0.05, 0.1) is 16.7 Å². The highest BCUT2D eigenvalue weighted by molar-refractivity contribution is 7.93. The van der Waals surface area contributed by atoms with Crippen molar-refractivity contribution >= 4 is 54.1 Å². The van der Waals surface area contributed by atoms with E-state index in [9.17, 15) is 13.2 Å². The molecule has 4 rings (SSSR count). The highest BCUT2D eigenvalue weighted by atomic mass is 32.2. The molecule has 170 valence electrons. The van der Waals surface area contributed by atoms with Gasteiger partial charge in [0, 0.05) is 17.4 Å². The van der Waals surface area contributed by atoms with Crippen LogP contribution in [0.2, 0.25) is 0 Å². The van der Waals surface area contributed by atoms with Gasteiger partial charge in [-0.25, -0.2) is 18.2 Å². The van der Waals surface area contributed by atoms with Crippen LogP contribution >= 0.6 is 11.3 Å². The van der Waals surface area contributed by atoms with Gasteiger partial charge in [0.25, 0.3) is 10.0 Å². The quantitative estimate of drug-likeness (QED) is 0.342. The molecule has 0 aliphatic carbocycles. The van der Waals surface area contributed by atoms with Gasteiger partial charge in [-0.2, -0.15) is 0 Å². The number of rotatable bonds is 6. The summed E-state index contributed by atoms with van der Waals surface area (Å²) in [5.41, 5.74) is 3.88. The van der Waals surface area contributed by atoms with Crippen LogP contribution in [0.5, 0.6) is 5.75 Å². The van der Waals surface area contributed by atoms with Crippen molar-refractivity contribution in [2.45, 2.75) is 18.7 Å². The molecule has 8 nitrogen and oxygen atoms in total. The molecule has 10 heteroatoms. The number of thiazole rings is 1. The van der Waals surface area contributed by atoms with Crippen LogP contribution in [0, 0.1) is 13.8 Å². The lowest BCUT2D eigenvalue weighted by Gasteiger charge is -2.10. The Morgan fingerprint density at radius 3 is 2.36 bits per heavy atom. The largest absolute Gasteiger partial charge is 0.494 e. The molecule has 0 bridgehead atoms. The minimum Gasteiger partial charge on any atom is -0.494 e. The SMILES string of the molecule is COc1cc(NC(=O)Nc2ccc(C)c(C)c2)cc2sc(NS(=O)(=O)c3ccccc3)nc12. The summed E-state index contributed by atoms with van der Waals surface area (Å²) in [5.74, 6) is 0.412. The van der Waals surface area contributed by atoms with E-state index in [0.717, 1.165) is 22.5 Å². The van der Waals surface area contributed by atoms with E-state index < -0.39 is 16.1 Å². The van der Waals surface area contributed by atoms with Gasteiger partial charge in [-0.15, -0.1) is 0 Å². The van der Waals surface area contributed by atoms with Crippen molar-refractivity contribution in [3.63, 3.8) is 0 Å². The van der Waals surface area contributed by atoms with Crippen molar-refractivity contribution in [2.24, 2.45) is 0 Å². The summed E-state index contributed by atoms with van der Waals surface area (Å²) in [7, 11) is -2.29. The van der Waals surface area contributed by atoms with Gasteiger partial charge in [0.15, 0.2) is 5.13 Å². The summed E-state index contributed by atoms with van der Waals surface area (Å²) in [6.45, 7) is 3.98. The number of nitrogens with one attached hydrogen (secondary N) is 3. The van der Waals surface area contributed by atoms with E-state index in [1.54, 1.807) is 30.3 Å². The standard InChI is InChI=1S/C23H22N4O4S2/c1-14-9-10-16(11-15(14)2)24-22(28)25-17-12-19(31-3)21-20(13-17)32-23(26-21)27-33(29,30)18-7-5-4-6-8-18/h4-13H,1-3H3,(H,26,27)(H2,24,25,28). The van der Waals surface area contributed by atoms with Crippen LogP contribution in [0.4, 0.5) is 21.3 Å².